The molecule has 3 N–H and O–H groups in total. The predicted octanol–water partition coefficient (Wildman–Crippen LogP) is 1.60. The highest BCUT2D eigenvalue weighted by Gasteiger charge is 2.28. The Bertz CT molecular complexity index is 208. The molecule has 96 valence electrons. The topological polar surface area (TPSA) is 49.5 Å². The van der Waals surface area contributed by atoms with Crippen LogP contribution in [0, 0.1) is 5.41 Å². The van der Waals surface area contributed by atoms with Gasteiger partial charge in [-0.25, -0.2) is 0 Å². The largest absolute Gasteiger partial charge is 0.394 e. The van der Waals surface area contributed by atoms with E-state index in [4.69, 9.17) is 10.8 Å². The molecule has 0 aromatic rings. The van der Waals surface area contributed by atoms with Gasteiger partial charge in [-0.2, -0.15) is 0 Å². The van der Waals surface area contributed by atoms with Crippen molar-refractivity contribution in [1.29, 1.82) is 0 Å². The van der Waals surface area contributed by atoms with E-state index in [-0.39, 0.29) is 6.61 Å². The Morgan fingerprint density at radius 2 is 1.94 bits per heavy atom. The number of rotatable bonds is 5. The van der Waals surface area contributed by atoms with E-state index in [1.807, 2.05) is 6.92 Å². The van der Waals surface area contributed by atoms with Crippen molar-refractivity contribution in [3.05, 3.63) is 0 Å². The number of aliphatic hydroxyl groups is 1. The molecule has 1 rings (SSSR count). The lowest BCUT2D eigenvalue weighted by Crippen LogP contribution is -2.45. The SMILES string of the molecule is CCC1(C)CCN(CCC(C)(N)CO)CC1. The molecule has 0 saturated carbocycles. The van der Waals surface area contributed by atoms with E-state index in [0.29, 0.717) is 5.41 Å². The van der Waals surface area contributed by atoms with Gasteiger partial charge in [0.25, 0.3) is 0 Å². The number of nitrogens with zero attached hydrogens (tertiary/aromatic N) is 1. The van der Waals surface area contributed by atoms with Gasteiger partial charge < -0.3 is 15.7 Å². The van der Waals surface area contributed by atoms with Crippen molar-refractivity contribution in [2.75, 3.05) is 26.2 Å². The third-order valence-electron chi connectivity index (χ3n) is 4.28. The lowest BCUT2D eigenvalue weighted by atomic mass is 9.78. The van der Waals surface area contributed by atoms with Crippen LogP contribution < -0.4 is 5.73 Å². The highest BCUT2D eigenvalue weighted by molar-refractivity contribution is 4.84. The van der Waals surface area contributed by atoms with Crippen LogP contribution in [0.2, 0.25) is 0 Å². The van der Waals surface area contributed by atoms with Crippen molar-refractivity contribution in [3.8, 4) is 0 Å². The fourth-order valence-electron chi connectivity index (χ4n) is 2.16. The third kappa shape index (κ3) is 4.04. The molecule has 16 heavy (non-hydrogen) atoms. The van der Waals surface area contributed by atoms with E-state index < -0.39 is 5.54 Å². The van der Waals surface area contributed by atoms with Crippen molar-refractivity contribution >= 4 is 0 Å². The van der Waals surface area contributed by atoms with Gasteiger partial charge in [0.15, 0.2) is 0 Å². The summed E-state index contributed by atoms with van der Waals surface area (Å²) in [4.78, 5) is 2.48. The van der Waals surface area contributed by atoms with Crippen LogP contribution in [0.5, 0.6) is 0 Å². The number of piperidine rings is 1. The Labute approximate surface area is 100 Å². The molecule has 0 spiro atoms. The molecule has 0 radical (unpaired) electrons. The molecule has 1 saturated heterocycles. The highest BCUT2D eigenvalue weighted by Crippen LogP contribution is 2.33. The monoisotopic (exact) mass is 228 g/mol. The van der Waals surface area contributed by atoms with E-state index in [2.05, 4.69) is 18.7 Å². The molecule has 3 nitrogen and oxygen atoms in total. The second-order valence-corrected chi connectivity index (χ2v) is 6.07. The van der Waals surface area contributed by atoms with Crippen LogP contribution in [-0.4, -0.2) is 41.8 Å². The van der Waals surface area contributed by atoms with E-state index >= 15 is 0 Å². The number of hydrogen-bond acceptors (Lipinski definition) is 3. The van der Waals surface area contributed by atoms with Crippen LogP contribution in [0.4, 0.5) is 0 Å². The summed E-state index contributed by atoms with van der Waals surface area (Å²) in [6.45, 7) is 10.1. The maximum atomic E-state index is 9.10. The Morgan fingerprint density at radius 1 is 1.38 bits per heavy atom. The zero-order chi connectivity index (χ0) is 12.2. The van der Waals surface area contributed by atoms with Gasteiger partial charge in [0.1, 0.15) is 0 Å². The summed E-state index contributed by atoms with van der Waals surface area (Å²) in [5, 5.41) is 9.10. The Kier molecular flexibility index (Phi) is 4.77. The Hall–Kier alpha value is -0.120. The molecule has 1 fully saturated rings. The molecule has 0 amide bonds. The van der Waals surface area contributed by atoms with Crippen molar-refractivity contribution in [2.24, 2.45) is 11.1 Å². The van der Waals surface area contributed by atoms with Gasteiger partial charge in [0.2, 0.25) is 0 Å². The number of aliphatic hydroxyl groups excluding tert-OH is 1. The first-order valence-electron chi connectivity index (χ1n) is 6.53. The second kappa shape index (κ2) is 5.48. The molecule has 1 atom stereocenters. The van der Waals surface area contributed by atoms with Crippen molar-refractivity contribution in [1.82, 2.24) is 4.90 Å². The van der Waals surface area contributed by atoms with Crippen molar-refractivity contribution < 1.29 is 5.11 Å². The first kappa shape index (κ1) is 13.9. The molecule has 1 aliphatic rings. The van der Waals surface area contributed by atoms with Gasteiger partial charge in [-0.15, -0.1) is 0 Å². The molecule has 1 heterocycles. The fraction of sp³-hybridized carbons (Fsp3) is 1.00. The third-order valence-corrected chi connectivity index (χ3v) is 4.28. The zero-order valence-electron chi connectivity index (χ0n) is 11.1. The van der Waals surface area contributed by atoms with Crippen LogP contribution in [0.25, 0.3) is 0 Å². The van der Waals surface area contributed by atoms with Gasteiger partial charge in [0.05, 0.1) is 6.61 Å². The van der Waals surface area contributed by atoms with Gasteiger partial charge in [-0.05, 0) is 51.2 Å². The van der Waals surface area contributed by atoms with Crippen LogP contribution in [0.3, 0.4) is 0 Å². The summed E-state index contributed by atoms with van der Waals surface area (Å²) in [7, 11) is 0. The average molecular weight is 228 g/mol. The lowest BCUT2D eigenvalue weighted by Gasteiger charge is -2.39. The molecule has 1 aliphatic heterocycles. The van der Waals surface area contributed by atoms with E-state index in [1.54, 1.807) is 0 Å². The summed E-state index contributed by atoms with van der Waals surface area (Å²) in [5.41, 5.74) is 6.08. The average Bonchev–Trinajstić information content (AvgIpc) is 2.29. The van der Waals surface area contributed by atoms with Crippen LogP contribution in [0.1, 0.15) is 46.5 Å². The minimum atomic E-state index is -0.411. The summed E-state index contributed by atoms with van der Waals surface area (Å²) in [5.74, 6) is 0. The Balaban J connectivity index is 2.28. The number of likely N-dealkylation sites (tertiary alicyclic amines) is 1. The van der Waals surface area contributed by atoms with Crippen LogP contribution >= 0.6 is 0 Å². The first-order valence-corrected chi connectivity index (χ1v) is 6.53. The highest BCUT2D eigenvalue weighted by atomic mass is 16.3. The van der Waals surface area contributed by atoms with Crippen molar-refractivity contribution in [2.45, 2.75) is 52.0 Å². The van der Waals surface area contributed by atoms with E-state index in [1.165, 1.54) is 32.4 Å². The smallest absolute Gasteiger partial charge is 0.0608 e. The molecule has 0 aromatic carbocycles. The van der Waals surface area contributed by atoms with Gasteiger partial charge in [-0.1, -0.05) is 20.3 Å². The lowest BCUT2D eigenvalue weighted by molar-refractivity contribution is 0.101. The predicted molar refractivity (Wildman–Crippen MR) is 68.4 cm³/mol. The van der Waals surface area contributed by atoms with Crippen LogP contribution in [0.15, 0.2) is 0 Å². The summed E-state index contributed by atoms with van der Waals surface area (Å²) >= 11 is 0. The first-order chi connectivity index (χ1) is 7.41. The molecular formula is C13H28N2O. The fourth-order valence-corrected chi connectivity index (χ4v) is 2.16. The molecule has 0 aliphatic carbocycles. The summed E-state index contributed by atoms with van der Waals surface area (Å²) in [6, 6.07) is 0. The standard InChI is InChI=1S/C13H28N2O/c1-4-12(2)5-8-15(9-6-12)10-7-13(3,14)11-16/h16H,4-11,14H2,1-3H3. The molecule has 0 bridgehead atoms. The minimum Gasteiger partial charge on any atom is -0.394 e. The quantitative estimate of drug-likeness (QED) is 0.751. The van der Waals surface area contributed by atoms with Gasteiger partial charge in [0, 0.05) is 5.54 Å². The molecular weight excluding hydrogens is 200 g/mol. The Morgan fingerprint density at radius 3 is 2.38 bits per heavy atom. The maximum Gasteiger partial charge on any atom is 0.0608 e. The molecule has 0 aromatic heterocycles. The van der Waals surface area contributed by atoms with Gasteiger partial charge in [-0.3, -0.25) is 0 Å². The maximum absolute atomic E-state index is 9.10. The second-order valence-electron chi connectivity index (χ2n) is 6.07. The summed E-state index contributed by atoms with van der Waals surface area (Å²) in [6.07, 6.45) is 4.76. The zero-order valence-corrected chi connectivity index (χ0v) is 11.1. The van der Waals surface area contributed by atoms with E-state index in [9.17, 15) is 0 Å². The van der Waals surface area contributed by atoms with Gasteiger partial charge >= 0.3 is 0 Å². The molecule has 3 heteroatoms. The normalized spacial score (nSPS) is 25.3. The van der Waals surface area contributed by atoms with Crippen molar-refractivity contribution in [3.63, 3.8) is 0 Å². The van der Waals surface area contributed by atoms with E-state index in [0.717, 1.165) is 13.0 Å². The number of nitrogens with two attached hydrogens (primary N) is 1. The number of hydrogen-bond donors (Lipinski definition) is 2. The summed E-state index contributed by atoms with van der Waals surface area (Å²) < 4.78 is 0. The van der Waals surface area contributed by atoms with Crippen LogP contribution in [-0.2, 0) is 0 Å². The molecule has 1 unspecified atom stereocenters. The minimum absolute atomic E-state index is 0.0769.